The Balaban J connectivity index is 2.12. The predicted octanol–water partition coefficient (Wildman–Crippen LogP) is 3.17. The Hall–Kier alpha value is -2.25. The first-order valence-electron chi connectivity index (χ1n) is 5.94. The second kappa shape index (κ2) is 5.03. The number of aryl methyl sites for hydroxylation is 1. The summed E-state index contributed by atoms with van der Waals surface area (Å²) in [5.41, 5.74) is 2.78. The number of anilines is 3. The maximum atomic E-state index is 13.7. The minimum Gasteiger partial charge on any atom is -0.337 e. The Morgan fingerprint density at radius 1 is 1.25 bits per heavy atom. The maximum Gasteiger partial charge on any atom is 0.240 e. The molecule has 5 nitrogen and oxygen atoms in total. The molecule has 20 heavy (non-hydrogen) atoms. The second-order valence-corrected chi connectivity index (χ2v) is 5.46. The van der Waals surface area contributed by atoms with Crippen molar-refractivity contribution in [2.75, 3.05) is 10.7 Å². The lowest BCUT2D eigenvalue weighted by atomic mass is 10.3. The molecule has 0 saturated heterocycles. The Bertz CT molecular complexity index is 771. The quantitative estimate of drug-likeness (QED) is 0.510. The number of hydrogen-bond donors (Lipinski definition) is 3. The molecule has 102 valence electrons. The van der Waals surface area contributed by atoms with Crippen LogP contribution in [0.1, 0.15) is 4.88 Å². The summed E-state index contributed by atoms with van der Waals surface area (Å²) >= 11 is 1.53. The van der Waals surface area contributed by atoms with Crippen LogP contribution in [0.3, 0.4) is 0 Å². The average molecular weight is 289 g/mol. The fraction of sp³-hybridized carbons (Fsp3) is 0.0769. The van der Waals surface area contributed by atoms with Crippen molar-refractivity contribution in [2.45, 2.75) is 6.92 Å². The largest absolute Gasteiger partial charge is 0.337 e. The van der Waals surface area contributed by atoms with Gasteiger partial charge in [0, 0.05) is 4.88 Å². The van der Waals surface area contributed by atoms with E-state index in [4.69, 9.17) is 5.84 Å². The predicted molar refractivity (Wildman–Crippen MR) is 79.6 cm³/mol. The highest BCUT2D eigenvalue weighted by Crippen LogP contribution is 2.31. The highest BCUT2D eigenvalue weighted by Gasteiger charge is 2.11. The van der Waals surface area contributed by atoms with Gasteiger partial charge in [0.2, 0.25) is 5.95 Å². The Labute approximate surface area is 118 Å². The summed E-state index contributed by atoms with van der Waals surface area (Å²) in [4.78, 5) is 10.4. The van der Waals surface area contributed by atoms with Crippen LogP contribution in [0, 0.1) is 12.7 Å². The van der Waals surface area contributed by atoms with Crippen LogP contribution in [-0.2, 0) is 0 Å². The molecule has 0 fully saturated rings. The summed E-state index contributed by atoms with van der Waals surface area (Å²) in [5.74, 6) is 5.84. The molecule has 3 rings (SSSR count). The molecule has 7 heteroatoms. The topological polar surface area (TPSA) is 75.9 Å². The van der Waals surface area contributed by atoms with E-state index in [0.29, 0.717) is 11.5 Å². The lowest BCUT2D eigenvalue weighted by Gasteiger charge is -2.09. The summed E-state index contributed by atoms with van der Waals surface area (Å²) in [6.07, 6.45) is 0. The molecular weight excluding hydrogens is 277 g/mol. The van der Waals surface area contributed by atoms with E-state index in [0.717, 1.165) is 15.1 Å². The van der Waals surface area contributed by atoms with Gasteiger partial charge in [-0.15, -0.1) is 11.3 Å². The third kappa shape index (κ3) is 2.28. The Morgan fingerprint density at radius 3 is 2.80 bits per heavy atom. The fourth-order valence-corrected chi connectivity index (χ4v) is 2.77. The molecule has 1 aromatic carbocycles. The van der Waals surface area contributed by atoms with Gasteiger partial charge >= 0.3 is 0 Å². The molecule has 4 N–H and O–H groups in total. The zero-order chi connectivity index (χ0) is 14.1. The zero-order valence-corrected chi connectivity index (χ0v) is 11.5. The molecule has 2 heterocycles. The highest BCUT2D eigenvalue weighted by molar-refractivity contribution is 7.18. The molecule has 3 aromatic rings. The summed E-state index contributed by atoms with van der Waals surface area (Å²) in [7, 11) is 0. The number of nitrogens with zero attached hydrogens (tertiary/aromatic N) is 2. The number of hydrogen-bond acceptors (Lipinski definition) is 6. The van der Waals surface area contributed by atoms with Crippen LogP contribution in [0.2, 0.25) is 0 Å². The number of para-hydroxylation sites is 1. The van der Waals surface area contributed by atoms with Crippen LogP contribution < -0.4 is 16.6 Å². The third-order valence-electron chi connectivity index (χ3n) is 2.77. The smallest absolute Gasteiger partial charge is 0.240 e. The van der Waals surface area contributed by atoms with Crippen LogP contribution in [0.4, 0.5) is 21.8 Å². The molecule has 0 spiro atoms. The molecule has 0 aliphatic rings. The number of nitrogen functional groups attached to an aromatic ring is 1. The summed E-state index contributed by atoms with van der Waals surface area (Å²) in [5, 5.41) is 3.83. The number of rotatable bonds is 3. The lowest BCUT2D eigenvalue weighted by molar-refractivity contribution is 0.632. The molecule has 0 saturated carbocycles. The molecule has 2 aromatic heterocycles. The van der Waals surface area contributed by atoms with Gasteiger partial charge in [0.25, 0.3) is 0 Å². The number of aromatic nitrogens is 2. The number of nitrogens with one attached hydrogen (secondary N) is 2. The van der Waals surface area contributed by atoms with E-state index in [2.05, 4.69) is 20.7 Å². The van der Waals surface area contributed by atoms with Crippen LogP contribution in [0.15, 0.2) is 30.3 Å². The second-order valence-electron chi connectivity index (χ2n) is 4.22. The van der Waals surface area contributed by atoms with Gasteiger partial charge in [0.1, 0.15) is 16.5 Å². The van der Waals surface area contributed by atoms with Gasteiger partial charge in [0.05, 0.1) is 11.1 Å². The normalized spacial score (nSPS) is 10.8. The van der Waals surface area contributed by atoms with E-state index in [-0.39, 0.29) is 11.8 Å². The molecule has 0 unspecified atom stereocenters. The monoisotopic (exact) mass is 289 g/mol. The van der Waals surface area contributed by atoms with Crippen molar-refractivity contribution in [3.63, 3.8) is 0 Å². The van der Waals surface area contributed by atoms with Gasteiger partial charge in [-0.1, -0.05) is 12.1 Å². The van der Waals surface area contributed by atoms with Gasteiger partial charge in [0.15, 0.2) is 0 Å². The summed E-state index contributed by atoms with van der Waals surface area (Å²) in [6, 6.07) is 8.39. The molecule has 0 radical (unpaired) electrons. The first-order chi connectivity index (χ1) is 9.67. The van der Waals surface area contributed by atoms with E-state index in [9.17, 15) is 4.39 Å². The number of nitrogens with two attached hydrogens (primary N) is 1. The third-order valence-corrected chi connectivity index (χ3v) is 3.72. The standard InChI is InChI=1S/C13H12FN5S/c1-7-6-8-11(16-10-5-3-2-4-9(10)14)17-13(19-15)18-12(8)20-7/h2-6H,15H2,1H3,(H2,16,17,18,19). The maximum absolute atomic E-state index is 13.7. The van der Waals surface area contributed by atoms with Gasteiger partial charge < -0.3 is 5.32 Å². The van der Waals surface area contributed by atoms with Crippen LogP contribution in [-0.4, -0.2) is 9.97 Å². The van der Waals surface area contributed by atoms with Gasteiger partial charge in [-0.25, -0.2) is 15.2 Å². The van der Waals surface area contributed by atoms with Crippen molar-refractivity contribution in [2.24, 2.45) is 5.84 Å². The van der Waals surface area contributed by atoms with Crippen molar-refractivity contribution in [1.29, 1.82) is 0 Å². The zero-order valence-electron chi connectivity index (χ0n) is 10.6. The number of thiophene rings is 1. The van der Waals surface area contributed by atoms with Crippen molar-refractivity contribution in [3.8, 4) is 0 Å². The van der Waals surface area contributed by atoms with E-state index in [1.165, 1.54) is 17.4 Å². The first kappa shape index (κ1) is 12.8. The SMILES string of the molecule is Cc1cc2c(Nc3ccccc3F)nc(NN)nc2s1. The lowest BCUT2D eigenvalue weighted by Crippen LogP contribution is -2.11. The number of hydrazine groups is 1. The molecule has 0 amide bonds. The average Bonchev–Trinajstić information content (AvgIpc) is 2.81. The minimum absolute atomic E-state index is 0.290. The fourth-order valence-electron chi connectivity index (χ4n) is 1.89. The minimum atomic E-state index is -0.339. The van der Waals surface area contributed by atoms with Gasteiger partial charge in [-0.05, 0) is 25.1 Å². The molecule has 0 atom stereocenters. The van der Waals surface area contributed by atoms with Crippen molar-refractivity contribution in [3.05, 3.63) is 41.0 Å². The molecular formula is C13H12FN5S. The van der Waals surface area contributed by atoms with E-state index in [1.807, 2.05) is 13.0 Å². The molecule has 0 aliphatic heterocycles. The Morgan fingerprint density at radius 2 is 2.05 bits per heavy atom. The van der Waals surface area contributed by atoms with Crippen molar-refractivity contribution < 1.29 is 4.39 Å². The van der Waals surface area contributed by atoms with Crippen LogP contribution >= 0.6 is 11.3 Å². The number of benzene rings is 1. The molecule has 0 aliphatic carbocycles. The summed E-state index contributed by atoms with van der Waals surface area (Å²) in [6.45, 7) is 1.98. The van der Waals surface area contributed by atoms with Crippen molar-refractivity contribution >= 4 is 39.0 Å². The van der Waals surface area contributed by atoms with E-state index >= 15 is 0 Å². The first-order valence-corrected chi connectivity index (χ1v) is 6.75. The Kier molecular flexibility index (Phi) is 3.21. The van der Waals surface area contributed by atoms with E-state index in [1.54, 1.807) is 18.2 Å². The van der Waals surface area contributed by atoms with Crippen molar-refractivity contribution in [1.82, 2.24) is 9.97 Å². The number of halogens is 1. The highest BCUT2D eigenvalue weighted by atomic mass is 32.1. The van der Waals surface area contributed by atoms with Crippen LogP contribution in [0.25, 0.3) is 10.2 Å². The summed E-state index contributed by atoms with van der Waals surface area (Å²) < 4.78 is 13.7. The van der Waals surface area contributed by atoms with E-state index < -0.39 is 0 Å². The molecule has 0 bridgehead atoms. The van der Waals surface area contributed by atoms with Crippen LogP contribution in [0.5, 0.6) is 0 Å². The van der Waals surface area contributed by atoms with Gasteiger partial charge in [-0.2, -0.15) is 4.98 Å². The van der Waals surface area contributed by atoms with Gasteiger partial charge in [-0.3, -0.25) is 5.43 Å². The number of fused-ring (bicyclic) bond motifs is 1.